The van der Waals surface area contributed by atoms with E-state index in [9.17, 15) is 4.39 Å². The van der Waals surface area contributed by atoms with E-state index in [1.165, 1.54) is 19.0 Å². The molecule has 3 heterocycles. The fraction of sp³-hybridized carbons (Fsp3) is 0.700. The monoisotopic (exact) mass is 378 g/mol. The minimum absolute atomic E-state index is 0.185. The number of aliphatic hydroxyl groups excluding tert-OH is 1. The van der Waals surface area contributed by atoms with Gasteiger partial charge in [-0.1, -0.05) is 13.8 Å². The van der Waals surface area contributed by atoms with Crippen molar-refractivity contribution in [3.05, 3.63) is 23.8 Å². The van der Waals surface area contributed by atoms with E-state index in [1.807, 2.05) is 0 Å². The smallest absolute Gasteiger partial charge is 0.238 e. The van der Waals surface area contributed by atoms with Crippen LogP contribution in [0.1, 0.15) is 64.0 Å². The summed E-state index contributed by atoms with van der Waals surface area (Å²) in [7, 11) is 0. The highest BCUT2D eigenvalue weighted by Crippen LogP contribution is 2.39. The van der Waals surface area contributed by atoms with Gasteiger partial charge in [0.15, 0.2) is 5.82 Å². The molecule has 2 aromatic rings. The number of nitrogens with zero attached hydrogens (tertiary/aromatic N) is 3. The van der Waals surface area contributed by atoms with Gasteiger partial charge in [-0.15, -0.1) is 5.10 Å². The third-order valence-electron chi connectivity index (χ3n) is 5.78. The highest BCUT2D eigenvalue weighted by Gasteiger charge is 2.27. The lowest BCUT2D eigenvalue weighted by Gasteiger charge is -2.30. The maximum absolute atomic E-state index is 14.0. The summed E-state index contributed by atoms with van der Waals surface area (Å²) in [6, 6.07) is 1.60. The predicted molar refractivity (Wildman–Crippen MR) is 103 cm³/mol. The molecule has 0 amide bonds. The predicted octanol–water partition coefficient (Wildman–Crippen LogP) is 3.54. The Bertz CT molecular complexity index is 735. The van der Waals surface area contributed by atoms with Gasteiger partial charge in [0.2, 0.25) is 5.95 Å². The van der Waals surface area contributed by atoms with E-state index in [1.54, 1.807) is 10.6 Å². The topological polar surface area (TPSA) is 85.7 Å². The van der Waals surface area contributed by atoms with Crippen LogP contribution < -0.4 is 5.73 Å². The molecule has 1 saturated heterocycles. The van der Waals surface area contributed by atoms with Gasteiger partial charge in [-0.05, 0) is 56.4 Å². The number of anilines is 1. The number of aliphatic hydroxyl groups is 1. The zero-order valence-corrected chi connectivity index (χ0v) is 16.3. The number of hydrogen-bond acceptors (Lipinski definition) is 5. The molecule has 3 N–H and O–H groups in total. The molecule has 27 heavy (non-hydrogen) atoms. The van der Waals surface area contributed by atoms with Gasteiger partial charge in [0, 0.05) is 18.2 Å². The van der Waals surface area contributed by atoms with Gasteiger partial charge in [0.25, 0.3) is 0 Å². The van der Waals surface area contributed by atoms with E-state index in [4.69, 9.17) is 15.6 Å². The van der Waals surface area contributed by atoms with Crippen molar-refractivity contribution in [2.45, 2.75) is 64.4 Å². The number of nitrogen functional groups attached to an aromatic ring is 1. The van der Waals surface area contributed by atoms with Crippen molar-refractivity contribution in [1.29, 1.82) is 0 Å². The molecule has 4 rings (SSSR count). The second-order valence-corrected chi connectivity index (χ2v) is 8.06. The van der Waals surface area contributed by atoms with Gasteiger partial charge in [0.1, 0.15) is 5.52 Å². The van der Waals surface area contributed by atoms with Crippen molar-refractivity contribution < 1.29 is 14.2 Å². The van der Waals surface area contributed by atoms with Gasteiger partial charge in [-0.25, -0.2) is 13.9 Å². The Balaban J connectivity index is 0.000000253. The Morgan fingerprint density at radius 3 is 2.56 bits per heavy atom. The van der Waals surface area contributed by atoms with Crippen molar-refractivity contribution in [2.24, 2.45) is 11.8 Å². The Kier molecular flexibility index (Phi) is 6.65. The molecule has 1 aliphatic carbocycles. The Labute approximate surface area is 159 Å². The molecule has 7 heteroatoms. The van der Waals surface area contributed by atoms with Crippen molar-refractivity contribution in [1.82, 2.24) is 14.6 Å². The number of aromatic nitrogens is 3. The lowest BCUT2D eigenvalue weighted by molar-refractivity contribution is -0.00535. The zero-order valence-electron chi connectivity index (χ0n) is 16.3. The second kappa shape index (κ2) is 8.97. The van der Waals surface area contributed by atoms with Crippen LogP contribution in [0.15, 0.2) is 12.3 Å². The van der Waals surface area contributed by atoms with Crippen LogP contribution in [0.4, 0.5) is 10.3 Å². The summed E-state index contributed by atoms with van der Waals surface area (Å²) in [6.45, 7) is 5.94. The molecule has 0 aromatic carbocycles. The van der Waals surface area contributed by atoms with Crippen LogP contribution in [0.25, 0.3) is 5.52 Å². The minimum atomic E-state index is -0.258. The van der Waals surface area contributed by atoms with Gasteiger partial charge in [0.05, 0.1) is 18.9 Å². The largest absolute Gasteiger partial charge is 0.391 e. The maximum Gasteiger partial charge on any atom is 0.238 e. The molecule has 1 aliphatic heterocycles. The molecule has 150 valence electrons. The van der Waals surface area contributed by atoms with Crippen LogP contribution in [-0.4, -0.2) is 39.0 Å². The molecule has 0 bridgehead atoms. The molecule has 2 aromatic heterocycles. The van der Waals surface area contributed by atoms with Crippen LogP contribution in [-0.2, 0) is 4.74 Å². The summed E-state index contributed by atoms with van der Waals surface area (Å²) in [5.74, 6) is 1.82. The summed E-state index contributed by atoms with van der Waals surface area (Å²) in [5.41, 5.74) is 6.98. The van der Waals surface area contributed by atoms with E-state index in [-0.39, 0.29) is 17.9 Å². The quantitative estimate of drug-likeness (QED) is 0.835. The van der Waals surface area contributed by atoms with Crippen molar-refractivity contribution in [3.63, 3.8) is 0 Å². The van der Waals surface area contributed by atoms with Crippen molar-refractivity contribution >= 4 is 11.5 Å². The Hall–Kier alpha value is -1.73. The second-order valence-electron chi connectivity index (χ2n) is 8.06. The number of nitrogens with two attached hydrogens (primary N) is 1. The molecular formula is C20H31FN4O2. The van der Waals surface area contributed by atoms with Crippen LogP contribution in [0, 0.1) is 17.7 Å². The average molecular weight is 378 g/mol. The number of rotatable bonds is 2. The van der Waals surface area contributed by atoms with E-state index in [0.29, 0.717) is 18.0 Å². The summed E-state index contributed by atoms with van der Waals surface area (Å²) in [6.07, 6.45) is 7.81. The Morgan fingerprint density at radius 1 is 1.26 bits per heavy atom. The van der Waals surface area contributed by atoms with Gasteiger partial charge in [-0.2, -0.15) is 0 Å². The number of ether oxygens (including phenoxy) is 1. The van der Waals surface area contributed by atoms with E-state index in [0.717, 1.165) is 49.8 Å². The van der Waals surface area contributed by atoms with Crippen LogP contribution >= 0.6 is 0 Å². The van der Waals surface area contributed by atoms with Crippen LogP contribution in [0.5, 0.6) is 0 Å². The highest BCUT2D eigenvalue weighted by molar-refractivity contribution is 5.50. The molecular weight excluding hydrogens is 347 g/mol. The fourth-order valence-corrected chi connectivity index (χ4v) is 4.08. The first-order chi connectivity index (χ1) is 13.0. The average Bonchev–Trinajstić information content (AvgIpc) is 2.99. The SMILES string of the molecule is CC(C)C1CCC(c2cc(F)c3cnc(N)nn23)CC1.OC1CCCOC1. The molecule has 1 saturated carbocycles. The van der Waals surface area contributed by atoms with Gasteiger partial charge in [-0.3, -0.25) is 0 Å². The molecule has 6 nitrogen and oxygen atoms in total. The number of halogens is 1. The summed E-state index contributed by atoms with van der Waals surface area (Å²) in [5, 5.41) is 13.0. The zero-order chi connectivity index (χ0) is 19.4. The van der Waals surface area contributed by atoms with Crippen LogP contribution in [0.2, 0.25) is 0 Å². The molecule has 2 aliphatic rings. The minimum Gasteiger partial charge on any atom is -0.391 e. The number of fused-ring (bicyclic) bond motifs is 1. The van der Waals surface area contributed by atoms with Gasteiger partial charge < -0.3 is 15.6 Å². The summed E-state index contributed by atoms with van der Waals surface area (Å²) >= 11 is 0. The van der Waals surface area contributed by atoms with Crippen molar-refractivity contribution in [3.8, 4) is 0 Å². The van der Waals surface area contributed by atoms with E-state index >= 15 is 0 Å². The first-order valence-corrected chi connectivity index (χ1v) is 10.0. The summed E-state index contributed by atoms with van der Waals surface area (Å²) < 4.78 is 20.5. The standard InChI is InChI=1S/C15H21FN4.C5H10O2/c1-9(2)10-3-5-11(6-4-10)13-7-12(16)14-8-18-15(17)19-20(13)14;6-5-2-1-3-7-4-5/h7-11H,3-6H2,1-2H3,(H2,17,19);5-6H,1-4H2. The first kappa shape index (κ1) is 20.0. The third kappa shape index (κ3) is 4.96. The lowest BCUT2D eigenvalue weighted by Crippen LogP contribution is -2.21. The normalized spacial score (nSPS) is 26.0. The molecule has 1 unspecified atom stereocenters. The molecule has 0 radical (unpaired) electrons. The molecule has 1 atom stereocenters. The third-order valence-corrected chi connectivity index (χ3v) is 5.78. The maximum atomic E-state index is 14.0. The highest BCUT2D eigenvalue weighted by atomic mass is 19.1. The number of hydrogen-bond donors (Lipinski definition) is 2. The lowest BCUT2D eigenvalue weighted by atomic mass is 9.76. The van der Waals surface area contributed by atoms with Crippen molar-refractivity contribution in [2.75, 3.05) is 18.9 Å². The van der Waals surface area contributed by atoms with Crippen LogP contribution in [0.3, 0.4) is 0 Å². The Morgan fingerprint density at radius 2 is 2.00 bits per heavy atom. The molecule has 0 spiro atoms. The van der Waals surface area contributed by atoms with E-state index < -0.39 is 0 Å². The van der Waals surface area contributed by atoms with Gasteiger partial charge >= 0.3 is 0 Å². The summed E-state index contributed by atoms with van der Waals surface area (Å²) in [4.78, 5) is 3.87. The fourth-order valence-electron chi connectivity index (χ4n) is 4.08. The van der Waals surface area contributed by atoms with E-state index in [2.05, 4.69) is 23.9 Å². The molecule has 2 fully saturated rings. The first-order valence-electron chi connectivity index (χ1n) is 10.0.